The van der Waals surface area contributed by atoms with Crippen molar-refractivity contribution in [2.75, 3.05) is 45.3 Å². The molecule has 0 saturated heterocycles. The van der Waals surface area contributed by atoms with Crippen LogP contribution in [0.1, 0.15) is 5.56 Å². The molecule has 3 aromatic rings. The Hall–Kier alpha value is -2.90. The fraction of sp³-hybridized carbons (Fsp3) is 0.273. The first-order valence-corrected chi connectivity index (χ1v) is 10.3. The van der Waals surface area contributed by atoms with Crippen molar-refractivity contribution >= 4 is 38.7 Å². The van der Waals surface area contributed by atoms with E-state index in [0.717, 1.165) is 28.1 Å². The van der Waals surface area contributed by atoms with Gasteiger partial charge in [0.05, 0.1) is 10.2 Å². The SMILES string of the molecule is CN(C)CCN(C(=O)C=Cc1ccccc1)c1nc2cc3c(cc2s1)OCCO3. The minimum absolute atomic E-state index is 0.0907. The third kappa shape index (κ3) is 4.58. The smallest absolute Gasteiger partial charge is 0.252 e. The van der Waals surface area contributed by atoms with E-state index >= 15 is 0 Å². The van der Waals surface area contributed by atoms with E-state index in [2.05, 4.69) is 4.90 Å². The number of aromatic nitrogens is 1. The second-order valence-electron chi connectivity index (χ2n) is 7.00. The average molecular weight is 410 g/mol. The Morgan fingerprint density at radius 3 is 2.55 bits per heavy atom. The summed E-state index contributed by atoms with van der Waals surface area (Å²) in [7, 11) is 3.98. The number of hydrogen-bond donors (Lipinski definition) is 0. The van der Waals surface area contributed by atoms with Crippen LogP contribution in [0.3, 0.4) is 0 Å². The van der Waals surface area contributed by atoms with Gasteiger partial charge in [0.1, 0.15) is 13.2 Å². The quantitative estimate of drug-likeness (QED) is 0.582. The Balaban J connectivity index is 1.63. The zero-order chi connectivity index (χ0) is 20.2. The zero-order valence-corrected chi connectivity index (χ0v) is 17.3. The molecule has 7 heteroatoms. The number of fused-ring (bicyclic) bond motifs is 2. The fourth-order valence-corrected chi connectivity index (χ4v) is 4.00. The highest BCUT2D eigenvalue weighted by Crippen LogP contribution is 2.38. The fourth-order valence-electron chi connectivity index (χ4n) is 2.99. The zero-order valence-electron chi connectivity index (χ0n) is 16.5. The maximum Gasteiger partial charge on any atom is 0.252 e. The Bertz CT molecular complexity index is 987. The van der Waals surface area contributed by atoms with Gasteiger partial charge >= 0.3 is 0 Å². The topological polar surface area (TPSA) is 54.9 Å². The van der Waals surface area contributed by atoms with Gasteiger partial charge in [-0.25, -0.2) is 4.98 Å². The maximum absolute atomic E-state index is 13.0. The van der Waals surface area contributed by atoms with Crippen molar-refractivity contribution in [2.24, 2.45) is 0 Å². The molecule has 1 amide bonds. The lowest BCUT2D eigenvalue weighted by molar-refractivity contribution is -0.114. The molecule has 0 radical (unpaired) electrons. The summed E-state index contributed by atoms with van der Waals surface area (Å²) in [5.41, 5.74) is 1.80. The molecule has 0 saturated carbocycles. The summed E-state index contributed by atoms with van der Waals surface area (Å²) in [6.07, 6.45) is 3.44. The molecule has 6 nitrogen and oxygen atoms in total. The van der Waals surface area contributed by atoms with Crippen LogP contribution < -0.4 is 14.4 Å². The highest BCUT2D eigenvalue weighted by molar-refractivity contribution is 7.22. The number of hydrogen-bond acceptors (Lipinski definition) is 6. The number of nitrogens with zero attached hydrogens (tertiary/aromatic N) is 3. The van der Waals surface area contributed by atoms with Crippen LogP contribution in [-0.2, 0) is 4.79 Å². The molecule has 0 atom stereocenters. The molecule has 1 aliphatic rings. The number of anilines is 1. The van der Waals surface area contributed by atoms with Crippen molar-refractivity contribution in [3.05, 3.63) is 54.1 Å². The van der Waals surface area contributed by atoms with E-state index in [4.69, 9.17) is 14.5 Å². The van der Waals surface area contributed by atoms with E-state index in [1.165, 1.54) is 11.3 Å². The highest BCUT2D eigenvalue weighted by atomic mass is 32.1. The van der Waals surface area contributed by atoms with E-state index in [1.54, 1.807) is 11.0 Å². The summed E-state index contributed by atoms with van der Waals surface area (Å²) in [6.45, 7) is 2.37. The van der Waals surface area contributed by atoms with Crippen molar-refractivity contribution in [1.29, 1.82) is 0 Å². The first kappa shape index (κ1) is 19.4. The highest BCUT2D eigenvalue weighted by Gasteiger charge is 2.20. The third-order valence-electron chi connectivity index (χ3n) is 4.53. The number of carbonyl (C=O) groups excluding carboxylic acids is 1. The predicted octanol–water partition coefficient (Wildman–Crippen LogP) is 3.68. The van der Waals surface area contributed by atoms with Gasteiger partial charge in [0.25, 0.3) is 5.91 Å². The summed E-state index contributed by atoms with van der Waals surface area (Å²) in [5.74, 6) is 1.34. The third-order valence-corrected chi connectivity index (χ3v) is 5.57. The largest absolute Gasteiger partial charge is 0.486 e. The average Bonchev–Trinajstić information content (AvgIpc) is 3.13. The molecular weight excluding hydrogens is 386 g/mol. The van der Waals surface area contributed by atoms with Crippen LogP contribution in [0, 0.1) is 0 Å². The minimum atomic E-state index is -0.0907. The van der Waals surface area contributed by atoms with Crippen molar-refractivity contribution in [2.45, 2.75) is 0 Å². The molecule has 0 N–H and O–H groups in total. The Morgan fingerprint density at radius 2 is 1.83 bits per heavy atom. The molecule has 1 aliphatic heterocycles. The van der Waals surface area contributed by atoms with E-state index in [9.17, 15) is 4.79 Å². The molecule has 0 fully saturated rings. The molecule has 0 aliphatic carbocycles. The standard InChI is InChI=1S/C22H23N3O3S/c1-24(2)10-11-25(21(26)9-8-16-6-4-3-5-7-16)22-23-17-14-18-19(15-20(17)29-22)28-13-12-27-18/h3-9,14-15H,10-13H2,1-2H3. The van der Waals surface area contributed by atoms with Gasteiger partial charge in [-0.15, -0.1) is 0 Å². The second kappa shape index (κ2) is 8.63. The number of thiazole rings is 1. The van der Waals surface area contributed by atoms with Crippen LogP contribution in [-0.4, -0.2) is 56.2 Å². The lowest BCUT2D eigenvalue weighted by atomic mass is 10.2. The molecule has 1 aromatic heterocycles. The second-order valence-corrected chi connectivity index (χ2v) is 8.01. The molecule has 0 unspecified atom stereocenters. The summed E-state index contributed by atoms with van der Waals surface area (Å²) in [4.78, 5) is 21.5. The van der Waals surface area contributed by atoms with Crippen molar-refractivity contribution in [1.82, 2.24) is 9.88 Å². The van der Waals surface area contributed by atoms with Gasteiger partial charge < -0.3 is 14.4 Å². The summed E-state index contributed by atoms with van der Waals surface area (Å²) >= 11 is 1.49. The number of carbonyl (C=O) groups is 1. The van der Waals surface area contributed by atoms with Gasteiger partial charge in [0.2, 0.25) is 0 Å². The Morgan fingerprint density at radius 1 is 1.10 bits per heavy atom. The lowest BCUT2D eigenvalue weighted by Crippen LogP contribution is -2.35. The van der Waals surface area contributed by atoms with Crippen molar-refractivity contribution in [3.8, 4) is 11.5 Å². The molecule has 29 heavy (non-hydrogen) atoms. The van der Waals surface area contributed by atoms with Crippen LogP contribution in [0.5, 0.6) is 11.5 Å². The van der Waals surface area contributed by atoms with Crippen LogP contribution in [0.4, 0.5) is 5.13 Å². The summed E-state index contributed by atoms with van der Waals surface area (Å²) in [6, 6.07) is 13.6. The van der Waals surface area contributed by atoms with Crippen LogP contribution in [0.25, 0.3) is 16.3 Å². The molecule has 4 rings (SSSR count). The Kier molecular flexibility index (Phi) is 5.78. The van der Waals surface area contributed by atoms with E-state index in [0.29, 0.717) is 30.6 Å². The number of ether oxygens (including phenoxy) is 2. The number of amides is 1. The molecular formula is C22H23N3O3S. The lowest BCUT2D eigenvalue weighted by Gasteiger charge is -2.20. The summed E-state index contributed by atoms with van der Waals surface area (Å²) < 4.78 is 12.3. The molecule has 0 spiro atoms. The van der Waals surface area contributed by atoms with Gasteiger partial charge in [-0.3, -0.25) is 9.69 Å². The van der Waals surface area contributed by atoms with Gasteiger partial charge in [0.15, 0.2) is 16.6 Å². The van der Waals surface area contributed by atoms with E-state index < -0.39 is 0 Å². The molecule has 2 aromatic carbocycles. The van der Waals surface area contributed by atoms with E-state index in [-0.39, 0.29) is 5.91 Å². The van der Waals surface area contributed by atoms with Crippen molar-refractivity contribution < 1.29 is 14.3 Å². The number of benzene rings is 2. The predicted molar refractivity (Wildman–Crippen MR) is 117 cm³/mol. The van der Waals surface area contributed by atoms with Crippen LogP contribution in [0.15, 0.2) is 48.5 Å². The first-order valence-electron chi connectivity index (χ1n) is 9.50. The molecule has 150 valence electrons. The van der Waals surface area contributed by atoms with Gasteiger partial charge in [-0.05, 0) is 25.7 Å². The van der Waals surface area contributed by atoms with Crippen LogP contribution in [0.2, 0.25) is 0 Å². The molecule has 0 bridgehead atoms. The van der Waals surface area contributed by atoms with E-state index in [1.807, 2.05) is 62.6 Å². The number of likely N-dealkylation sites (N-methyl/N-ethyl adjacent to an activating group) is 1. The maximum atomic E-state index is 13.0. The summed E-state index contributed by atoms with van der Waals surface area (Å²) in [5, 5.41) is 0.673. The van der Waals surface area contributed by atoms with Gasteiger partial charge in [-0.1, -0.05) is 41.7 Å². The van der Waals surface area contributed by atoms with Gasteiger partial charge in [0, 0.05) is 31.3 Å². The monoisotopic (exact) mass is 409 g/mol. The normalized spacial score (nSPS) is 13.3. The van der Waals surface area contributed by atoms with Crippen LogP contribution >= 0.6 is 11.3 Å². The Labute approximate surface area is 174 Å². The molecule has 2 heterocycles. The van der Waals surface area contributed by atoms with Gasteiger partial charge in [-0.2, -0.15) is 0 Å². The number of rotatable bonds is 6. The van der Waals surface area contributed by atoms with Crippen molar-refractivity contribution in [3.63, 3.8) is 0 Å². The minimum Gasteiger partial charge on any atom is -0.486 e. The first-order chi connectivity index (χ1) is 14.1.